The topological polar surface area (TPSA) is 75.7 Å². The zero-order valence-electron chi connectivity index (χ0n) is 18.4. The van der Waals surface area contributed by atoms with Gasteiger partial charge in [0, 0.05) is 6.54 Å². The minimum absolute atomic E-state index is 0.327. The van der Waals surface area contributed by atoms with Crippen LogP contribution in [0, 0.1) is 0 Å². The summed E-state index contributed by atoms with van der Waals surface area (Å²) in [5.74, 6) is 0.792. The minimum atomic E-state index is -3.63. The first-order valence-electron chi connectivity index (χ1n) is 10.1. The van der Waals surface area contributed by atoms with Crippen molar-refractivity contribution in [1.29, 1.82) is 0 Å². The van der Waals surface area contributed by atoms with Crippen LogP contribution in [0.2, 0.25) is 0 Å². The number of nitrogens with zero attached hydrogens (tertiary/aromatic N) is 1. The van der Waals surface area contributed by atoms with Crippen LogP contribution in [0.1, 0.15) is 44.2 Å². The summed E-state index contributed by atoms with van der Waals surface area (Å²) >= 11 is 0. The molecule has 30 heavy (non-hydrogen) atoms. The molecular formula is C23H32N2O4S. The molecule has 6 nitrogen and oxygen atoms in total. The molecule has 0 aliphatic carbocycles. The van der Waals surface area contributed by atoms with Gasteiger partial charge in [-0.15, -0.1) is 0 Å². The summed E-state index contributed by atoms with van der Waals surface area (Å²) in [5, 5.41) is 2.86. The summed E-state index contributed by atoms with van der Waals surface area (Å²) in [5.41, 5.74) is 2.95. The van der Waals surface area contributed by atoms with Crippen LogP contribution in [0.3, 0.4) is 0 Å². The molecule has 1 amide bonds. The van der Waals surface area contributed by atoms with Gasteiger partial charge < -0.3 is 10.1 Å². The lowest BCUT2D eigenvalue weighted by Crippen LogP contribution is -2.48. The first kappa shape index (κ1) is 23.7. The Labute approximate surface area is 180 Å². The smallest absolute Gasteiger partial charge is 0.243 e. The van der Waals surface area contributed by atoms with Gasteiger partial charge in [-0.3, -0.25) is 9.10 Å². The van der Waals surface area contributed by atoms with Crippen LogP contribution in [0.5, 0.6) is 5.75 Å². The molecule has 0 bridgehead atoms. The first-order valence-corrected chi connectivity index (χ1v) is 12.0. The minimum Gasteiger partial charge on any atom is -0.497 e. The second kappa shape index (κ2) is 10.5. The SMILES string of the molecule is COc1ccc(N(C(C)C(=O)NCCCc2ccc(C(C)C)cc2)S(C)(=O)=O)cc1. The lowest BCUT2D eigenvalue weighted by Gasteiger charge is -2.28. The summed E-state index contributed by atoms with van der Waals surface area (Å²) in [6.07, 6.45) is 2.73. The van der Waals surface area contributed by atoms with Crippen molar-refractivity contribution in [3.63, 3.8) is 0 Å². The predicted molar refractivity (Wildman–Crippen MR) is 122 cm³/mol. The van der Waals surface area contributed by atoms with E-state index in [2.05, 4.69) is 43.4 Å². The third kappa shape index (κ3) is 6.49. The van der Waals surface area contributed by atoms with E-state index in [1.165, 1.54) is 18.2 Å². The van der Waals surface area contributed by atoms with Crippen LogP contribution in [0.4, 0.5) is 5.69 Å². The number of carbonyl (C=O) groups is 1. The molecule has 0 heterocycles. The Bertz CT molecular complexity index is 923. The maximum absolute atomic E-state index is 12.6. The number of amides is 1. The van der Waals surface area contributed by atoms with Crippen molar-refractivity contribution in [2.45, 2.75) is 45.6 Å². The highest BCUT2D eigenvalue weighted by Gasteiger charge is 2.28. The summed E-state index contributed by atoms with van der Waals surface area (Å²) < 4.78 is 30.9. The van der Waals surface area contributed by atoms with Crippen molar-refractivity contribution in [3.05, 3.63) is 59.7 Å². The van der Waals surface area contributed by atoms with Gasteiger partial charge >= 0.3 is 0 Å². The lowest BCUT2D eigenvalue weighted by atomic mass is 10.0. The van der Waals surface area contributed by atoms with E-state index < -0.39 is 16.1 Å². The van der Waals surface area contributed by atoms with E-state index in [1.54, 1.807) is 31.2 Å². The molecule has 0 aliphatic rings. The average molecular weight is 433 g/mol. The molecule has 1 N–H and O–H groups in total. The molecule has 2 aromatic carbocycles. The monoisotopic (exact) mass is 432 g/mol. The highest BCUT2D eigenvalue weighted by atomic mass is 32.2. The largest absolute Gasteiger partial charge is 0.497 e. The number of carbonyl (C=O) groups excluding carboxylic acids is 1. The van der Waals surface area contributed by atoms with Crippen molar-refractivity contribution >= 4 is 21.6 Å². The number of benzene rings is 2. The van der Waals surface area contributed by atoms with Gasteiger partial charge in [-0.1, -0.05) is 38.1 Å². The van der Waals surface area contributed by atoms with Crippen molar-refractivity contribution < 1.29 is 17.9 Å². The Hall–Kier alpha value is -2.54. The molecule has 164 valence electrons. The summed E-state index contributed by atoms with van der Waals surface area (Å²) in [6.45, 7) is 6.40. The maximum Gasteiger partial charge on any atom is 0.243 e. The molecule has 1 unspecified atom stereocenters. The fourth-order valence-electron chi connectivity index (χ4n) is 3.26. The first-order chi connectivity index (χ1) is 14.1. The molecule has 1 atom stereocenters. The molecule has 0 spiro atoms. The molecular weight excluding hydrogens is 400 g/mol. The molecule has 0 aromatic heterocycles. The van der Waals surface area contributed by atoms with E-state index in [0.717, 1.165) is 23.4 Å². The number of hydrogen-bond donors (Lipinski definition) is 1. The second-order valence-electron chi connectivity index (χ2n) is 7.72. The molecule has 2 aromatic rings. The van der Waals surface area contributed by atoms with Gasteiger partial charge in [-0.05, 0) is 61.1 Å². The Morgan fingerprint density at radius 3 is 2.13 bits per heavy atom. The van der Waals surface area contributed by atoms with Gasteiger partial charge in [0.15, 0.2) is 0 Å². The van der Waals surface area contributed by atoms with Crippen molar-refractivity contribution in [1.82, 2.24) is 5.32 Å². The zero-order valence-corrected chi connectivity index (χ0v) is 19.2. The van der Waals surface area contributed by atoms with Gasteiger partial charge in [0.1, 0.15) is 11.8 Å². The Kier molecular flexibility index (Phi) is 8.29. The average Bonchev–Trinajstić information content (AvgIpc) is 2.71. The van der Waals surface area contributed by atoms with E-state index in [1.807, 2.05) is 0 Å². The van der Waals surface area contributed by atoms with Crippen LogP contribution in [-0.4, -0.2) is 40.3 Å². The predicted octanol–water partition coefficient (Wildman–Crippen LogP) is 3.72. The highest BCUT2D eigenvalue weighted by Crippen LogP contribution is 2.23. The Balaban J connectivity index is 1.94. The summed E-state index contributed by atoms with van der Waals surface area (Å²) in [6, 6.07) is 14.3. The van der Waals surface area contributed by atoms with Crippen LogP contribution in [-0.2, 0) is 21.2 Å². The van der Waals surface area contributed by atoms with Gasteiger partial charge in [-0.25, -0.2) is 8.42 Å². The number of nitrogens with one attached hydrogen (secondary N) is 1. The fourth-order valence-corrected chi connectivity index (χ4v) is 4.43. The second-order valence-corrected chi connectivity index (χ2v) is 9.58. The summed E-state index contributed by atoms with van der Waals surface area (Å²) in [7, 11) is -2.10. The number of ether oxygens (including phenoxy) is 1. The van der Waals surface area contributed by atoms with E-state index in [9.17, 15) is 13.2 Å². The van der Waals surface area contributed by atoms with Gasteiger partial charge in [-0.2, -0.15) is 0 Å². The van der Waals surface area contributed by atoms with Crippen LogP contribution in [0.25, 0.3) is 0 Å². The zero-order chi connectivity index (χ0) is 22.3. The quantitative estimate of drug-likeness (QED) is 0.581. The number of methoxy groups -OCH3 is 1. The van der Waals surface area contributed by atoms with Gasteiger partial charge in [0.25, 0.3) is 0 Å². The maximum atomic E-state index is 12.6. The fraction of sp³-hybridized carbons (Fsp3) is 0.435. The summed E-state index contributed by atoms with van der Waals surface area (Å²) in [4.78, 5) is 12.6. The van der Waals surface area contributed by atoms with Crippen LogP contribution in [0.15, 0.2) is 48.5 Å². The van der Waals surface area contributed by atoms with Crippen molar-refractivity contribution in [2.24, 2.45) is 0 Å². The molecule has 0 aliphatic heterocycles. The third-order valence-corrected chi connectivity index (χ3v) is 6.24. The lowest BCUT2D eigenvalue weighted by molar-refractivity contribution is -0.121. The molecule has 0 radical (unpaired) electrons. The highest BCUT2D eigenvalue weighted by molar-refractivity contribution is 7.92. The van der Waals surface area contributed by atoms with E-state index in [0.29, 0.717) is 23.9 Å². The number of aryl methyl sites for hydroxylation is 1. The molecule has 0 fully saturated rings. The van der Waals surface area contributed by atoms with Gasteiger partial charge in [0.2, 0.25) is 15.9 Å². The molecule has 0 saturated heterocycles. The van der Waals surface area contributed by atoms with Crippen molar-refractivity contribution in [3.8, 4) is 5.75 Å². The number of sulfonamides is 1. The van der Waals surface area contributed by atoms with Crippen molar-refractivity contribution in [2.75, 3.05) is 24.2 Å². The van der Waals surface area contributed by atoms with Gasteiger partial charge in [0.05, 0.1) is 19.1 Å². The van der Waals surface area contributed by atoms with E-state index in [4.69, 9.17) is 4.74 Å². The Morgan fingerprint density at radius 2 is 1.63 bits per heavy atom. The van der Waals surface area contributed by atoms with E-state index >= 15 is 0 Å². The number of anilines is 1. The number of rotatable bonds is 10. The molecule has 0 saturated carbocycles. The number of hydrogen-bond acceptors (Lipinski definition) is 4. The van der Waals surface area contributed by atoms with Crippen LogP contribution < -0.4 is 14.4 Å². The standard InChI is InChI=1S/C23H32N2O4S/c1-17(2)20-10-8-19(9-11-20)7-6-16-24-23(26)18(3)25(30(5,27)28)21-12-14-22(29-4)15-13-21/h8-15,17-18H,6-7,16H2,1-5H3,(H,24,26). The normalized spacial score (nSPS) is 12.5. The van der Waals surface area contributed by atoms with E-state index in [-0.39, 0.29) is 5.91 Å². The molecule has 2 rings (SSSR count). The molecule has 7 heteroatoms. The third-order valence-electron chi connectivity index (χ3n) is 5.00. The Morgan fingerprint density at radius 1 is 1.03 bits per heavy atom. The van der Waals surface area contributed by atoms with Crippen LogP contribution >= 0.6 is 0 Å².